The van der Waals surface area contributed by atoms with Gasteiger partial charge in [-0.1, -0.05) is 29.8 Å². The Balaban J connectivity index is 1.45. The number of carbonyl (C=O) groups excluding carboxylic acids is 1. The number of piperidine rings is 1. The summed E-state index contributed by atoms with van der Waals surface area (Å²) in [5.41, 5.74) is 2.36. The first kappa shape index (κ1) is 18.5. The number of aryl methyl sites for hydroxylation is 1. The molecule has 6 nitrogen and oxygen atoms in total. The lowest BCUT2D eigenvalue weighted by Gasteiger charge is -2.33. The lowest BCUT2D eigenvalue weighted by Crippen LogP contribution is -2.42. The number of amides is 2. The van der Waals surface area contributed by atoms with E-state index in [0.717, 1.165) is 11.3 Å². The molecule has 4 rings (SSSR count). The molecular formula is C21H21ClN4O2. The molecular weight excluding hydrogens is 376 g/mol. The first-order chi connectivity index (χ1) is 13.5. The maximum Gasteiger partial charge on any atom is 0.321 e. The molecule has 0 saturated carbocycles. The number of anilines is 1. The van der Waals surface area contributed by atoms with Gasteiger partial charge in [-0.15, -0.1) is 0 Å². The van der Waals surface area contributed by atoms with Gasteiger partial charge in [0.25, 0.3) is 5.56 Å². The van der Waals surface area contributed by atoms with Crippen LogP contribution in [0, 0.1) is 6.92 Å². The molecule has 1 N–H and O–H groups in total. The molecule has 2 aromatic carbocycles. The minimum atomic E-state index is -0.146. The highest BCUT2D eigenvalue weighted by atomic mass is 35.5. The first-order valence-electron chi connectivity index (χ1n) is 9.31. The Labute approximate surface area is 167 Å². The second-order valence-electron chi connectivity index (χ2n) is 7.08. The van der Waals surface area contributed by atoms with E-state index < -0.39 is 0 Å². The summed E-state index contributed by atoms with van der Waals surface area (Å²) in [5, 5.41) is 4.14. The lowest BCUT2D eigenvalue weighted by molar-refractivity contribution is 0.182. The van der Waals surface area contributed by atoms with Crippen molar-refractivity contribution < 1.29 is 4.79 Å². The van der Waals surface area contributed by atoms with Gasteiger partial charge in [-0.3, -0.25) is 9.36 Å². The number of aromatic nitrogens is 2. The largest absolute Gasteiger partial charge is 0.324 e. The van der Waals surface area contributed by atoms with E-state index in [-0.39, 0.29) is 17.6 Å². The molecule has 1 aliphatic heterocycles. The topological polar surface area (TPSA) is 67.2 Å². The van der Waals surface area contributed by atoms with Gasteiger partial charge in [-0.05, 0) is 49.6 Å². The van der Waals surface area contributed by atoms with Gasteiger partial charge in [-0.2, -0.15) is 0 Å². The molecule has 1 fully saturated rings. The van der Waals surface area contributed by atoms with Crippen molar-refractivity contribution in [3.63, 3.8) is 0 Å². The molecule has 0 atom stereocenters. The average molecular weight is 397 g/mol. The van der Waals surface area contributed by atoms with E-state index in [1.54, 1.807) is 34.0 Å². The van der Waals surface area contributed by atoms with Crippen LogP contribution in [0.3, 0.4) is 0 Å². The molecule has 2 amide bonds. The summed E-state index contributed by atoms with van der Waals surface area (Å²) >= 11 is 6.03. The molecule has 0 unspecified atom stereocenters. The highest BCUT2D eigenvalue weighted by Crippen LogP contribution is 2.24. The number of nitrogens with zero attached hydrogens (tertiary/aromatic N) is 3. The van der Waals surface area contributed by atoms with Gasteiger partial charge < -0.3 is 10.2 Å². The quantitative estimate of drug-likeness (QED) is 0.704. The minimum Gasteiger partial charge on any atom is -0.324 e. The third kappa shape index (κ3) is 3.60. The number of carbonyl (C=O) groups is 1. The standard InChI is InChI=1S/C21H21ClN4O2/c1-14-6-7-15(22)12-19(14)24-21(28)25-10-8-16(9-11-25)26-13-23-18-5-3-2-4-17(18)20(26)27/h2-7,12-13,16H,8-11H2,1H3,(H,24,28). The number of hydrogen-bond donors (Lipinski definition) is 1. The van der Waals surface area contributed by atoms with Crippen LogP contribution >= 0.6 is 11.6 Å². The van der Waals surface area contributed by atoms with Gasteiger partial charge in [0.2, 0.25) is 0 Å². The van der Waals surface area contributed by atoms with Crippen LogP contribution in [0.1, 0.15) is 24.4 Å². The van der Waals surface area contributed by atoms with Crippen LogP contribution in [0.15, 0.2) is 53.6 Å². The molecule has 1 saturated heterocycles. The number of rotatable bonds is 2. The third-order valence-electron chi connectivity index (χ3n) is 5.28. The van der Waals surface area contributed by atoms with E-state index >= 15 is 0 Å². The molecule has 2 heterocycles. The highest BCUT2D eigenvalue weighted by molar-refractivity contribution is 6.31. The van der Waals surface area contributed by atoms with Crippen molar-refractivity contribution >= 4 is 34.2 Å². The van der Waals surface area contributed by atoms with Crippen molar-refractivity contribution in [1.82, 2.24) is 14.5 Å². The number of para-hydroxylation sites is 1. The van der Waals surface area contributed by atoms with Gasteiger partial charge >= 0.3 is 6.03 Å². The Morgan fingerprint density at radius 2 is 1.93 bits per heavy atom. The Morgan fingerprint density at radius 1 is 1.18 bits per heavy atom. The zero-order chi connectivity index (χ0) is 19.7. The second-order valence-corrected chi connectivity index (χ2v) is 7.52. The predicted molar refractivity (Wildman–Crippen MR) is 111 cm³/mol. The molecule has 1 aliphatic rings. The highest BCUT2D eigenvalue weighted by Gasteiger charge is 2.25. The Hall–Kier alpha value is -2.86. The van der Waals surface area contributed by atoms with Crippen molar-refractivity contribution in [1.29, 1.82) is 0 Å². The number of nitrogens with one attached hydrogen (secondary N) is 1. The Kier molecular flexibility index (Phi) is 5.05. The van der Waals surface area contributed by atoms with Crippen LogP contribution in [-0.4, -0.2) is 33.6 Å². The summed E-state index contributed by atoms with van der Waals surface area (Å²) in [6.07, 6.45) is 3.05. The molecule has 0 aliphatic carbocycles. The monoisotopic (exact) mass is 396 g/mol. The lowest BCUT2D eigenvalue weighted by atomic mass is 10.0. The molecule has 0 spiro atoms. The van der Waals surface area contributed by atoms with Crippen molar-refractivity contribution in [3.8, 4) is 0 Å². The number of fused-ring (bicyclic) bond motifs is 1. The van der Waals surface area contributed by atoms with E-state index in [1.165, 1.54) is 0 Å². The van der Waals surface area contributed by atoms with Crippen LogP contribution in [-0.2, 0) is 0 Å². The zero-order valence-corrected chi connectivity index (χ0v) is 16.3. The van der Waals surface area contributed by atoms with Crippen LogP contribution in [0.2, 0.25) is 5.02 Å². The van der Waals surface area contributed by atoms with Crippen LogP contribution in [0.5, 0.6) is 0 Å². The van der Waals surface area contributed by atoms with E-state index in [4.69, 9.17) is 11.6 Å². The van der Waals surface area contributed by atoms with Crippen molar-refractivity contribution in [2.75, 3.05) is 18.4 Å². The molecule has 7 heteroatoms. The van der Waals surface area contributed by atoms with Crippen LogP contribution in [0.25, 0.3) is 10.9 Å². The number of benzene rings is 2. The fourth-order valence-electron chi connectivity index (χ4n) is 3.61. The molecule has 28 heavy (non-hydrogen) atoms. The summed E-state index contributed by atoms with van der Waals surface area (Å²) < 4.78 is 1.71. The van der Waals surface area contributed by atoms with Gasteiger partial charge in [-0.25, -0.2) is 9.78 Å². The summed E-state index contributed by atoms with van der Waals surface area (Å²) in [5.74, 6) is 0. The van der Waals surface area contributed by atoms with E-state index in [0.29, 0.717) is 41.9 Å². The smallest absolute Gasteiger partial charge is 0.321 e. The summed E-state index contributed by atoms with van der Waals surface area (Å²) in [6, 6.07) is 12.7. The second kappa shape index (κ2) is 7.64. The Morgan fingerprint density at radius 3 is 2.71 bits per heavy atom. The molecule has 3 aromatic rings. The molecule has 0 bridgehead atoms. The summed E-state index contributed by atoms with van der Waals surface area (Å²) in [4.78, 5) is 31.6. The zero-order valence-electron chi connectivity index (χ0n) is 15.6. The van der Waals surface area contributed by atoms with Crippen LogP contribution < -0.4 is 10.9 Å². The summed E-state index contributed by atoms with van der Waals surface area (Å²) in [7, 11) is 0. The van der Waals surface area contributed by atoms with E-state index in [9.17, 15) is 9.59 Å². The minimum absolute atomic E-state index is 0.0250. The van der Waals surface area contributed by atoms with Crippen LogP contribution in [0.4, 0.5) is 10.5 Å². The molecule has 144 valence electrons. The SMILES string of the molecule is Cc1ccc(Cl)cc1NC(=O)N1CCC(n2cnc3ccccc3c2=O)CC1. The van der Waals surface area contributed by atoms with E-state index in [2.05, 4.69) is 10.3 Å². The van der Waals surface area contributed by atoms with Gasteiger partial charge in [0.1, 0.15) is 0 Å². The molecule has 1 aromatic heterocycles. The third-order valence-corrected chi connectivity index (χ3v) is 5.51. The van der Waals surface area contributed by atoms with Gasteiger partial charge in [0.05, 0.1) is 17.2 Å². The predicted octanol–water partition coefficient (Wildman–Crippen LogP) is 4.23. The fraction of sp³-hybridized carbons (Fsp3) is 0.286. The number of halogens is 1. The first-order valence-corrected chi connectivity index (χ1v) is 9.68. The van der Waals surface area contributed by atoms with Gasteiger partial charge in [0.15, 0.2) is 0 Å². The van der Waals surface area contributed by atoms with E-state index in [1.807, 2.05) is 31.2 Å². The number of likely N-dealkylation sites (tertiary alicyclic amines) is 1. The normalized spacial score (nSPS) is 15.0. The maximum absolute atomic E-state index is 12.8. The van der Waals surface area contributed by atoms with Gasteiger partial charge in [0, 0.05) is 29.8 Å². The fourth-order valence-corrected chi connectivity index (χ4v) is 3.79. The Bertz CT molecular complexity index is 1090. The van der Waals surface area contributed by atoms with Crippen molar-refractivity contribution in [2.24, 2.45) is 0 Å². The summed E-state index contributed by atoms with van der Waals surface area (Å²) in [6.45, 7) is 3.09. The number of urea groups is 1. The average Bonchev–Trinajstić information content (AvgIpc) is 2.71. The number of hydrogen-bond acceptors (Lipinski definition) is 3. The molecule has 0 radical (unpaired) electrons. The van der Waals surface area contributed by atoms with Crippen molar-refractivity contribution in [3.05, 3.63) is 69.7 Å². The van der Waals surface area contributed by atoms with Crippen molar-refractivity contribution in [2.45, 2.75) is 25.8 Å². The maximum atomic E-state index is 12.8.